The number of nitrogens with one attached hydrogen (secondary N) is 1. The van der Waals surface area contributed by atoms with Gasteiger partial charge in [-0.2, -0.15) is 0 Å². The topological polar surface area (TPSA) is 71.1 Å². The lowest BCUT2D eigenvalue weighted by Crippen LogP contribution is -2.57. The van der Waals surface area contributed by atoms with Gasteiger partial charge in [-0.3, -0.25) is 4.79 Å². The normalized spacial score (nSPS) is 24.2. The van der Waals surface area contributed by atoms with E-state index in [4.69, 9.17) is 9.47 Å². The van der Waals surface area contributed by atoms with Crippen molar-refractivity contribution in [3.05, 3.63) is 0 Å². The third-order valence-corrected chi connectivity index (χ3v) is 3.34. The first kappa shape index (κ1) is 14.1. The van der Waals surface area contributed by atoms with Crippen molar-refractivity contribution >= 4 is 12.0 Å². The summed E-state index contributed by atoms with van der Waals surface area (Å²) in [6, 6.07) is -0.247. The number of morpholine rings is 1. The summed E-state index contributed by atoms with van der Waals surface area (Å²) >= 11 is 0. The van der Waals surface area contributed by atoms with Crippen LogP contribution in [0.3, 0.4) is 0 Å². The summed E-state index contributed by atoms with van der Waals surface area (Å²) in [6.07, 6.45) is -0.297. The maximum atomic E-state index is 12.2. The third kappa shape index (κ3) is 3.57. The molecule has 0 aromatic carbocycles. The molecule has 0 saturated carbocycles. The Morgan fingerprint density at radius 3 is 2.53 bits per heavy atom. The molecule has 0 spiro atoms. The largest absolute Gasteiger partial charge is 0.450 e. The van der Waals surface area contributed by atoms with Crippen molar-refractivity contribution in [2.45, 2.75) is 13.0 Å². The van der Waals surface area contributed by atoms with Crippen molar-refractivity contribution in [3.63, 3.8) is 0 Å². The fourth-order valence-corrected chi connectivity index (χ4v) is 2.27. The van der Waals surface area contributed by atoms with Crippen molar-refractivity contribution in [2.24, 2.45) is 0 Å². The molecule has 0 aliphatic carbocycles. The smallest absolute Gasteiger partial charge is 0.409 e. The second kappa shape index (κ2) is 6.72. The van der Waals surface area contributed by atoms with Gasteiger partial charge in [0, 0.05) is 32.7 Å². The van der Waals surface area contributed by atoms with Gasteiger partial charge in [0.2, 0.25) is 5.91 Å². The van der Waals surface area contributed by atoms with Gasteiger partial charge in [0.1, 0.15) is 6.04 Å². The van der Waals surface area contributed by atoms with Crippen molar-refractivity contribution in [3.8, 4) is 0 Å². The van der Waals surface area contributed by atoms with Gasteiger partial charge in [0.05, 0.1) is 19.8 Å². The molecule has 2 heterocycles. The highest BCUT2D eigenvalue weighted by Gasteiger charge is 2.30. The minimum Gasteiger partial charge on any atom is -0.450 e. The lowest BCUT2D eigenvalue weighted by atomic mass is 10.2. The molecule has 0 bridgehead atoms. The highest BCUT2D eigenvalue weighted by atomic mass is 16.6. The predicted octanol–water partition coefficient (Wildman–Crippen LogP) is -0.724. The highest BCUT2D eigenvalue weighted by molar-refractivity contribution is 5.82. The molecule has 19 heavy (non-hydrogen) atoms. The van der Waals surface area contributed by atoms with Crippen LogP contribution in [0.1, 0.15) is 6.92 Å². The zero-order valence-corrected chi connectivity index (χ0v) is 11.3. The summed E-state index contributed by atoms with van der Waals surface area (Å²) in [5.74, 6) is 0.0585. The molecule has 0 aromatic heterocycles. The van der Waals surface area contributed by atoms with Gasteiger partial charge in [-0.05, 0) is 6.92 Å². The number of carbonyl (C=O) groups is 2. The fraction of sp³-hybridized carbons (Fsp3) is 0.833. The van der Waals surface area contributed by atoms with E-state index < -0.39 is 0 Å². The van der Waals surface area contributed by atoms with E-state index in [9.17, 15) is 9.59 Å². The van der Waals surface area contributed by atoms with Crippen LogP contribution in [0.2, 0.25) is 0 Å². The standard InChI is InChI=1S/C12H21N3O4/c1-2-19-12(17)15-6-4-14(5-7-15)11(16)10-9-18-8-3-13-10/h10,13H,2-9H2,1H3. The average molecular weight is 271 g/mol. The Hall–Kier alpha value is -1.34. The molecule has 1 atom stereocenters. The quantitative estimate of drug-likeness (QED) is 0.717. The molecule has 2 aliphatic rings. The Morgan fingerprint density at radius 2 is 1.95 bits per heavy atom. The van der Waals surface area contributed by atoms with Gasteiger partial charge < -0.3 is 24.6 Å². The first-order valence-corrected chi connectivity index (χ1v) is 6.74. The second-order valence-corrected chi connectivity index (χ2v) is 4.59. The van der Waals surface area contributed by atoms with Crippen molar-refractivity contribution < 1.29 is 19.1 Å². The van der Waals surface area contributed by atoms with Gasteiger partial charge in [-0.1, -0.05) is 0 Å². The third-order valence-electron chi connectivity index (χ3n) is 3.34. The van der Waals surface area contributed by atoms with Crippen LogP contribution in [0.15, 0.2) is 0 Å². The Morgan fingerprint density at radius 1 is 1.26 bits per heavy atom. The molecule has 1 unspecified atom stereocenters. The fourth-order valence-electron chi connectivity index (χ4n) is 2.27. The molecule has 2 saturated heterocycles. The van der Waals surface area contributed by atoms with Crippen LogP contribution in [-0.2, 0) is 14.3 Å². The highest BCUT2D eigenvalue weighted by Crippen LogP contribution is 2.07. The summed E-state index contributed by atoms with van der Waals surface area (Å²) in [5.41, 5.74) is 0. The Labute approximate surface area is 112 Å². The first-order chi connectivity index (χ1) is 9.22. The molecular weight excluding hydrogens is 250 g/mol. The van der Waals surface area contributed by atoms with Crippen LogP contribution >= 0.6 is 0 Å². The van der Waals surface area contributed by atoms with Crippen LogP contribution in [0.25, 0.3) is 0 Å². The predicted molar refractivity (Wildman–Crippen MR) is 67.8 cm³/mol. The van der Waals surface area contributed by atoms with Gasteiger partial charge in [-0.25, -0.2) is 4.79 Å². The molecule has 0 aromatic rings. The number of amides is 2. The molecule has 1 N–H and O–H groups in total. The zero-order chi connectivity index (χ0) is 13.7. The first-order valence-electron chi connectivity index (χ1n) is 6.74. The minimum absolute atomic E-state index is 0.0585. The SMILES string of the molecule is CCOC(=O)N1CCN(C(=O)C2COCCN2)CC1. The molecule has 2 fully saturated rings. The number of rotatable bonds is 2. The van der Waals surface area contributed by atoms with Crippen LogP contribution in [0.4, 0.5) is 4.79 Å². The lowest BCUT2D eigenvalue weighted by Gasteiger charge is -2.36. The maximum absolute atomic E-state index is 12.2. The van der Waals surface area contributed by atoms with E-state index in [0.29, 0.717) is 52.5 Å². The van der Waals surface area contributed by atoms with E-state index in [1.54, 1.807) is 16.7 Å². The summed E-state index contributed by atoms with van der Waals surface area (Å²) in [5, 5.41) is 3.15. The van der Waals surface area contributed by atoms with Crippen molar-refractivity contribution in [2.75, 3.05) is 52.5 Å². The average Bonchev–Trinajstić information content (AvgIpc) is 2.48. The summed E-state index contributed by atoms with van der Waals surface area (Å²) in [4.78, 5) is 27.2. The number of carbonyl (C=O) groups excluding carboxylic acids is 2. The summed E-state index contributed by atoms with van der Waals surface area (Å²) in [7, 11) is 0. The van der Waals surface area contributed by atoms with Crippen LogP contribution < -0.4 is 5.32 Å². The molecule has 108 valence electrons. The van der Waals surface area contributed by atoms with Gasteiger partial charge >= 0.3 is 6.09 Å². The summed E-state index contributed by atoms with van der Waals surface area (Å²) in [6.45, 7) is 6.10. The van der Waals surface area contributed by atoms with Gasteiger partial charge in [0.15, 0.2) is 0 Å². The number of hydrogen-bond donors (Lipinski definition) is 1. The van der Waals surface area contributed by atoms with E-state index in [2.05, 4.69) is 5.32 Å². The molecule has 2 amide bonds. The second-order valence-electron chi connectivity index (χ2n) is 4.59. The Balaban J connectivity index is 1.79. The monoisotopic (exact) mass is 271 g/mol. The minimum atomic E-state index is -0.297. The molecular formula is C12H21N3O4. The van der Waals surface area contributed by atoms with Crippen molar-refractivity contribution in [1.29, 1.82) is 0 Å². The van der Waals surface area contributed by atoms with E-state index in [-0.39, 0.29) is 18.0 Å². The van der Waals surface area contributed by atoms with Crippen LogP contribution in [-0.4, -0.2) is 80.4 Å². The van der Waals surface area contributed by atoms with E-state index >= 15 is 0 Å². The van der Waals surface area contributed by atoms with Crippen LogP contribution in [0, 0.1) is 0 Å². The van der Waals surface area contributed by atoms with Gasteiger partial charge in [-0.15, -0.1) is 0 Å². The molecule has 7 heteroatoms. The van der Waals surface area contributed by atoms with Crippen LogP contribution in [0.5, 0.6) is 0 Å². The van der Waals surface area contributed by atoms with Crippen molar-refractivity contribution in [1.82, 2.24) is 15.1 Å². The maximum Gasteiger partial charge on any atom is 0.409 e. The lowest BCUT2D eigenvalue weighted by molar-refractivity contribution is -0.138. The molecule has 2 aliphatic heterocycles. The zero-order valence-electron chi connectivity index (χ0n) is 11.3. The number of piperazine rings is 1. The van der Waals surface area contributed by atoms with E-state index in [1.165, 1.54) is 0 Å². The van der Waals surface area contributed by atoms with E-state index in [0.717, 1.165) is 0 Å². The molecule has 7 nitrogen and oxygen atoms in total. The molecule has 2 rings (SSSR count). The summed E-state index contributed by atoms with van der Waals surface area (Å²) < 4.78 is 10.2. The Bertz CT molecular complexity index is 323. The Kier molecular flexibility index (Phi) is 4.98. The number of hydrogen-bond acceptors (Lipinski definition) is 5. The van der Waals surface area contributed by atoms with Gasteiger partial charge in [0.25, 0.3) is 0 Å². The number of nitrogens with zero attached hydrogens (tertiary/aromatic N) is 2. The molecule has 0 radical (unpaired) electrons. The number of ether oxygens (including phenoxy) is 2. The van der Waals surface area contributed by atoms with E-state index in [1.807, 2.05) is 0 Å².